The van der Waals surface area contributed by atoms with Crippen molar-refractivity contribution in [1.82, 2.24) is 0 Å². The Morgan fingerprint density at radius 3 is 1.83 bits per heavy atom. The van der Waals surface area contributed by atoms with Crippen molar-refractivity contribution in [2.75, 3.05) is 13.2 Å². The van der Waals surface area contributed by atoms with E-state index in [0.29, 0.717) is 6.61 Å². The maximum atomic E-state index is 14.2. The second-order valence-electron chi connectivity index (χ2n) is 14.9. The predicted octanol–water partition coefficient (Wildman–Crippen LogP) is 6.03. The van der Waals surface area contributed by atoms with E-state index in [1.807, 2.05) is 6.92 Å². The van der Waals surface area contributed by atoms with Gasteiger partial charge in [-0.2, -0.15) is 0 Å². The van der Waals surface area contributed by atoms with Crippen LogP contribution >= 0.6 is 0 Å². The summed E-state index contributed by atoms with van der Waals surface area (Å²) in [5.41, 5.74) is -4.22. The fourth-order valence-electron chi connectivity index (χ4n) is 8.97. The number of carbonyl (C=O) groups is 5. The molecular formula is C41H52O12. The highest BCUT2D eigenvalue weighted by Crippen LogP contribution is 2.68. The molecular weight excluding hydrogens is 684 g/mol. The highest BCUT2D eigenvalue weighted by molar-refractivity contribution is 5.90. The van der Waals surface area contributed by atoms with Crippen LogP contribution in [0, 0.1) is 17.3 Å². The van der Waals surface area contributed by atoms with Crippen molar-refractivity contribution in [3.05, 3.63) is 71.8 Å². The van der Waals surface area contributed by atoms with Gasteiger partial charge < -0.3 is 33.2 Å². The largest absolute Gasteiger partial charge is 0.465 e. The zero-order valence-electron chi connectivity index (χ0n) is 31.7. The third-order valence-corrected chi connectivity index (χ3v) is 11.0. The summed E-state index contributed by atoms with van der Waals surface area (Å²) in [7, 11) is 0. The molecule has 2 aliphatic carbocycles. The average Bonchev–Trinajstić information content (AvgIpc) is 3.30. The fourth-order valence-corrected chi connectivity index (χ4v) is 8.97. The molecule has 12 heteroatoms. The average molecular weight is 737 g/mol. The van der Waals surface area contributed by atoms with Gasteiger partial charge in [0.05, 0.1) is 28.7 Å². The van der Waals surface area contributed by atoms with Crippen molar-refractivity contribution in [2.24, 2.45) is 17.3 Å². The van der Waals surface area contributed by atoms with Crippen molar-refractivity contribution >= 4 is 29.8 Å². The molecule has 0 unspecified atom stereocenters. The molecule has 0 amide bonds. The van der Waals surface area contributed by atoms with Gasteiger partial charge in [-0.15, -0.1) is 0 Å². The molecule has 1 heterocycles. The normalized spacial score (nSPS) is 31.0. The van der Waals surface area contributed by atoms with E-state index in [9.17, 15) is 24.0 Å². The smallest absolute Gasteiger partial charge is 0.338 e. The van der Waals surface area contributed by atoms with Gasteiger partial charge in [0.25, 0.3) is 0 Å². The summed E-state index contributed by atoms with van der Waals surface area (Å²) >= 11 is 0. The van der Waals surface area contributed by atoms with E-state index in [0.717, 1.165) is 25.7 Å². The topological polar surface area (TPSA) is 150 Å². The molecule has 1 aliphatic heterocycles. The first-order valence-corrected chi connectivity index (χ1v) is 18.5. The van der Waals surface area contributed by atoms with Crippen molar-refractivity contribution in [2.45, 2.75) is 122 Å². The number of esters is 5. The minimum atomic E-state index is -1.85. The molecule has 9 atom stereocenters. The first-order chi connectivity index (χ1) is 25.2. The lowest BCUT2D eigenvalue weighted by molar-refractivity contribution is -0.331. The Balaban J connectivity index is 1.80. The molecule has 288 valence electrons. The lowest BCUT2D eigenvalue weighted by Gasteiger charge is -2.64. The molecule has 1 spiro atoms. The Labute approximate surface area is 311 Å². The Bertz CT molecular complexity index is 1630. The van der Waals surface area contributed by atoms with Gasteiger partial charge in [-0.3, -0.25) is 14.4 Å². The number of fused-ring (bicyclic) bond motifs is 1. The summed E-state index contributed by atoms with van der Waals surface area (Å²) < 4.78 is 45.1. The number of ether oxygens (including phenoxy) is 7. The van der Waals surface area contributed by atoms with E-state index in [1.165, 1.54) is 20.8 Å². The molecule has 2 aromatic rings. The maximum Gasteiger partial charge on any atom is 0.338 e. The summed E-state index contributed by atoms with van der Waals surface area (Å²) in [5, 5.41) is 0. The van der Waals surface area contributed by atoms with Crippen LogP contribution in [0.3, 0.4) is 0 Å². The van der Waals surface area contributed by atoms with Crippen LogP contribution in [0.15, 0.2) is 60.7 Å². The molecule has 2 saturated carbocycles. The van der Waals surface area contributed by atoms with Gasteiger partial charge in [0.1, 0.15) is 35.9 Å². The van der Waals surface area contributed by atoms with Crippen molar-refractivity contribution in [3.63, 3.8) is 0 Å². The molecule has 0 aromatic heterocycles. The number of carbonyl (C=O) groups excluding carboxylic acids is 5. The molecule has 5 rings (SSSR count). The van der Waals surface area contributed by atoms with Crippen molar-refractivity contribution < 1.29 is 57.1 Å². The Morgan fingerprint density at radius 2 is 1.28 bits per heavy atom. The molecule has 0 N–H and O–H groups in total. The third kappa shape index (κ3) is 7.71. The van der Waals surface area contributed by atoms with Crippen LogP contribution in [0.1, 0.15) is 101 Å². The number of rotatable bonds is 14. The van der Waals surface area contributed by atoms with E-state index in [4.69, 9.17) is 33.2 Å². The Kier molecular flexibility index (Phi) is 12.3. The molecule has 53 heavy (non-hydrogen) atoms. The van der Waals surface area contributed by atoms with Crippen LogP contribution in [0.5, 0.6) is 0 Å². The van der Waals surface area contributed by atoms with E-state index >= 15 is 0 Å². The lowest BCUT2D eigenvalue weighted by atomic mass is 9.47. The zero-order valence-corrected chi connectivity index (χ0v) is 31.7. The van der Waals surface area contributed by atoms with Crippen LogP contribution in [0.2, 0.25) is 0 Å². The second kappa shape index (κ2) is 16.4. The first-order valence-electron chi connectivity index (χ1n) is 18.5. The molecule has 12 nitrogen and oxygen atoms in total. The van der Waals surface area contributed by atoms with Gasteiger partial charge >= 0.3 is 29.8 Å². The van der Waals surface area contributed by atoms with Crippen LogP contribution in [-0.2, 0) is 47.5 Å². The summed E-state index contributed by atoms with van der Waals surface area (Å²) in [5.74, 6) is -4.94. The quantitative estimate of drug-likeness (QED) is 0.127. The predicted molar refractivity (Wildman–Crippen MR) is 191 cm³/mol. The van der Waals surface area contributed by atoms with Crippen LogP contribution in [0.4, 0.5) is 0 Å². The fraction of sp³-hybridized carbons (Fsp3) is 0.585. The van der Waals surface area contributed by atoms with Gasteiger partial charge in [-0.05, 0) is 56.9 Å². The molecule has 0 radical (unpaired) electrons. The summed E-state index contributed by atoms with van der Waals surface area (Å²) in [6, 6.07) is 16.6. The first kappa shape index (κ1) is 39.9. The standard InChI is InChI=1S/C41H52O12/c1-8-9-10-17-22-47-31-23-25(2)41-35(49-27(4)43)32(39(6,7)53-41)33(51-37(45)29-18-13-11-14-19-29)36(50-28(5)44)40(41,24-48-26(3)42)34(31)52-38(46)30-20-15-12-16-21-30/h11-16,18-21,25,31-36H,8-10,17,22-24H2,1-7H3/t25-,31+,32-,33-,34+,35-,36-,40+,41-/m1/s1. The maximum absolute atomic E-state index is 14.2. The lowest BCUT2D eigenvalue weighted by Crippen LogP contribution is -2.81. The monoisotopic (exact) mass is 736 g/mol. The van der Waals surface area contributed by atoms with Gasteiger partial charge in [0.2, 0.25) is 0 Å². The van der Waals surface area contributed by atoms with E-state index in [-0.39, 0.29) is 17.5 Å². The summed E-state index contributed by atoms with van der Waals surface area (Å²) in [6.07, 6.45) is -2.20. The third-order valence-electron chi connectivity index (χ3n) is 11.0. The van der Waals surface area contributed by atoms with Crippen LogP contribution < -0.4 is 0 Å². The van der Waals surface area contributed by atoms with E-state index in [2.05, 4.69) is 6.92 Å². The number of benzene rings is 2. The molecule has 2 bridgehead atoms. The minimum Gasteiger partial charge on any atom is -0.465 e. The van der Waals surface area contributed by atoms with E-state index in [1.54, 1.807) is 74.5 Å². The zero-order chi connectivity index (χ0) is 38.6. The highest BCUT2D eigenvalue weighted by atomic mass is 16.6. The summed E-state index contributed by atoms with van der Waals surface area (Å²) in [6.45, 7) is 11.1. The minimum absolute atomic E-state index is 0.220. The number of hydrogen-bond acceptors (Lipinski definition) is 12. The van der Waals surface area contributed by atoms with Crippen LogP contribution in [-0.4, -0.2) is 84.8 Å². The number of unbranched alkanes of at least 4 members (excludes halogenated alkanes) is 3. The number of hydrogen-bond donors (Lipinski definition) is 0. The summed E-state index contributed by atoms with van der Waals surface area (Å²) in [4.78, 5) is 67.3. The van der Waals surface area contributed by atoms with Crippen LogP contribution in [0.25, 0.3) is 0 Å². The van der Waals surface area contributed by atoms with E-state index < -0.39 is 95.4 Å². The SMILES string of the molecule is CCCCCCO[C@H]1C[C@@H](C)[C@]23OC(C)(C)[C@H]([C@@H](OC(=O)c4ccccc4)[C@@H](OC(C)=O)[C@]2(COC(C)=O)[C@H]1OC(=O)c1ccccc1)[C@H]3OC(C)=O. The van der Waals surface area contributed by atoms with Gasteiger partial charge in [0.15, 0.2) is 6.10 Å². The highest BCUT2D eigenvalue weighted by Gasteiger charge is 2.85. The Morgan fingerprint density at radius 1 is 0.717 bits per heavy atom. The molecule has 1 saturated heterocycles. The molecule has 3 aliphatic rings. The van der Waals surface area contributed by atoms with Crippen molar-refractivity contribution in [3.8, 4) is 0 Å². The Hall–Kier alpha value is -4.29. The molecule has 3 fully saturated rings. The molecule has 2 aromatic carbocycles. The van der Waals surface area contributed by atoms with Crippen molar-refractivity contribution in [1.29, 1.82) is 0 Å². The van der Waals surface area contributed by atoms with Gasteiger partial charge in [0, 0.05) is 27.4 Å². The van der Waals surface area contributed by atoms with Gasteiger partial charge in [-0.25, -0.2) is 9.59 Å². The second-order valence-corrected chi connectivity index (χ2v) is 14.9. The van der Waals surface area contributed by atoms with Gasteiger partial charge in [-0.1, -0.05) is 69.5 Å².